The first-order valence-corrected chi connectivity index (χ1v) is 10.2. The first-order valence-electron chi connectivity index (χ1n) is 10.2. The van der Waals surface area contributed by atoms with Gasteiger partial charge in [0.1, 0.15) is 0 Å². The minimum Gasteiger partial charge on any atom is -0.393 e. The molecule has 0 radical (unpaired) electrons. The fourth-order valence-corrected chi connectivity index (χ4v) is 6.26. The molecule has 1 aliphatic heterocycles. The molecular weight excluding hydrogens is 364 g/mol. The van der Waals surface area contributed by atoms with E-state index in [2.05, 4.69) is 0 Å². The number of allylic oxidation sites excluding steroid dienone is 2. The molecule has 2 aromatic carbocycles. The van der Waals surface area contributed by atoms with Crippen molar-refractivity contribution in [3.63, 3.8) is 0 Å². The Labute approximate surface area is 169 Å². The smallest absolute Gasteiger partial charge is 0.318 e. The van der Waals surface area contributed by atoms with Gasteiger partial charge in [-0.25, -0.2) is 0 Å². The number of hydrogen-bond donors (Lipinski definition) is 0. The molecule has 0 N–H and O–H groups in total. The van der Waals surface area contributed by atoms with Gasteiger partial charge in [-0.1, -0.05) is 74.5 Å². The Morgan fingerprint density at radius 3 is 1.41 bits per heavy atom. The summed E-state index contributed by atoms with van der Waals surface area (Å²) < 4.78 is 5.12. The van der Waals surface area contributed by atoms with Crippen LogP contribution in [0, 0.1) is 22.7 Å². The number of ether oxygens (including phenoxy) is 1. The Balaban J connectivity index is 1.95. The summed E-state index contributed by atoms with van der Waals surface area (Å²) >= 11 is 0. The normalized spacial score (nSPS) is 32.7. The second kappa shape index (κ2) is 5.99. The number of ketones is 1. The number of benzene rings is 2. The molecule has 4 atom stereocenters. The number of rotatable bonds is 4. The van der Waals surface area contributed by atoms with Crippen LogP contribution >= 0.6 is 0 Å². The molecule has 2 aromatic rings. The zero-order valence-electron chi connectivity index (χ0n) is 16.5. The zero-order chi connectivity index (χ0) is 20.4. The third-order valence-electron chi connectivity index (χ3n) is 7.30. The maximum absolute atomic E-state index is 14.1. The van der Waals surface area contributed by atoms with E-state index in [0.29, 0.717) is 12.8 Å². The maximum atomic E-state index is 14.1. The van der Waals surface area contributed by atoms with E-state index in [1.165, 1.54) is 0 Å². The summed E-state index contributed by atoms with van der Waals surface area (Å²) in [5.41, 5.74) is 1.59. The van der Waals surface area contributed by atoms with E-state index in [-0.39, 0.29) is 5.78 Å². The number of esters is 2. The Morgan fingerprint density at radius 2 is 1.07 bits per heavy atom. The van der Waals surface area contributed by atoms with Crippen molar-refractivity contribution >= 4 is 28.9 Å². The number of cyclic esters (lactones) is 2. The van der Waals surface area contributed by atoms with Crippen LogP contribution in [0.1, 0.15) is 37.8 Å². The molecule has 3 aliphatic rings. The molecule has 4 heteroatoms. The number of carbonyl (C=O) groups excluding carboxylic acids is 3. The van der Waals surface area contributed by atoms with Crippen LogP contribution in [-0.2, 0) is 19.1 Å². The molecule has 0 amide bonds. The van der Waals surface area contributed by atoms with Gasteiger partial charge in [0.25, 0.3) is 0 Å². The summed E-state index contributed by atoms with van der Waals surface area (Å²) in [6.07, 6.45) is 0.912. The third kappa shape index (κ3) is 1.92. The third-order valence-corrected chi connectivity index (χ3v) is 7.30. The lowest BCUT2D eigenvalue weighted by atomic mass is 9.60. The molecule has 29 heavy (non-hydrogen) atoms. The molecule has 4 nitrogen and oxygen atoms in total. The predicted molar refractivity (Wildman–Crippen MR) is 108 cm³/mol. The van der Waals surface area contributed by atoms with Gasteiger partial charge in [0.15, 0.2) is 5.78 Å². The van der Waals surface area contributed by atoms with Crippen LogP contribution in [0.2, 0.25) is 0 Å². The topological polar surface area (TPSA) is 60.4 Å². The van der Waals surface area contributed by atoms with E-state index in [1.807, 2.05) is 74.5 Å². The predicted octanol–water partition coefficient (Wildman–Crippen LogP) is 4.30. The lowest BCUT2D eigenvalue weighted by molar-refractivity contribution is -0.157. The largest absolute Gasteiger partial charge is 0.393 e. The van der Waals surface area contributed by atoms with E-state index in [9.17, 15) is 14.4 Å². The van der Waals surface area contributed by atoms with Crippen molar-refractivity contribution in [1.82, 2.24) is 0 Å². The lowest BCUT2D eigenvalue weighted by Crippen LogP contribution is -2.37. The van der Waals surface area contributed by atoms with Gasteiger partial charge < -0.3 is 4.74 Å². The van der Waals surface area contributed by atoms with Crippen LogP contribution in [-0.4, -0.2) is 17.7 Å². The average molecular weight is 386 g/mol. The second-order valence-corrected chi connectivity index (χ2v) is 8.16. The van der Waals surface area contributed by atoms with Crippen LogP contribution in [0.3, 0.4) is 0 Å². The quantitative estimate of drug-likeness (QED) is 0.581. The minimum atomic E-state index is -1.03. The molecule has 1 saturated carbocycles. The Bertz CT molecular complexity index is 985. The number of hydrogen-bond acceptors (Lipinski definition) is 4. The van der Waals surface area contributed by atoms with Crippen LogP contribution in [0.25, 0.3) is 11.1 Å². The molecule has 0 spiro atoms. The monoisotopic (exact) mass is 386 g/mol. The Hall–Kier alpha value is -3.01. The summed E-state index contributed by atoms with van der Waals surface area (Å²) in [7, 11) is 0. The van der Waals surface area contributed by atoms with Crippen LogP contribution in [0.4, 0.5) is 0 Å². The van der Waals surface area contributed by atoms with Crippen LogP contribution in [0.5, 0.6) is 0 Å². The fraction of sp³-hybridized carbons (Fsp3) is 0.320. The van der Waals surface area contributed by atoms with E-state index < -0.39 is 34.6 Å². The highest BCUT2D eigenvalue weighted by Crippen LogP contribution is 2.75. The van der Waals surface area contributed by atoms with E-state index in [1.54, 1.807) is 0 Å². The van der Waals surface area contributed by atoms with Gasteiger partial charge in [0.2, 0.25) is 0 Å². The highest BCUT2D eigenvalue weighted by Gasteiger charge is 2.80. The van der Waals surface area contributed by atoms with Crippen molar-refractivity contribution in [3.8, 4) is 0 Å². The van der Waals surface area contributed by atoms with Gasteiger partial charge in [0.05, 0.1) is 22.7 Å². The first-order chi connectivity index (χ1) is 14.0. The number of Topliss-reactive ketones (excluding diaryl/α,β-unsaturated/α-hetero) is 1. The molecule has 2 fully saturated rings. The standard InChI is InChI=1S/C25H22O4/c1-3-24-17(15-11-7-5-8-12-15)18(16-13-9-6-10-14-16)25(4-2,23(24)28)20-19(24)21(26)29-22(20)27/h5-14,19-20H,3-4H2,1-2H3/t19-,20-,24-,25+/m0/s1. The molecule has 1 saturated heterocycles. The molecular formula is C25H22O4. The van der Waals surface area contributed by atoms with E-state index >= 15 is 0 Å². The van der Waals surface area contributed by atoms with Gasteiger partial charge in [-0.05, 0) is 35.1 Å². The highest BCUT2D eigenvalue weighted by atomic mass is 16.6. The average Bonchev–Trinajstić information content (AvgIpc) is 3.28. The Kier molecular flexibility index (Phi) is 3.73. The summed E-state index contributed by atoms with van der Waals surface area (Å²) in [6, 6.07) is 19.6. The van der Waals surface area contributed by atoms with Crippen molar-refractivity contribution in [3.05, 3.63) is 71.8 Å². The Morgan fingerprint density at radius 1 is 0.690 bits per heavy atom. The molecule has 146 valence electrons. The molecule has 0 unspecified atom stereocenters. The van der Waals surface area contributed by atoms with Gasteiger partial charge >= 0.3 is 11.9 Å². The van der Waals surface area contributed by atoms with Crippen molar-refractivity contribution in [2.45, 2.75) is 26.7 Å². The summed E-state index contributed by atoms with van der Waals surface area (Å²) in [6.45, 7) is 3.88. The minimum absolute atomic E-state index is 0.00714. The van der Waals surface area contributed by atoms with Gasteiger partial charge in [-0.2, -0.15) is 0 Å². The first kappa shape index (κ1) is 18.0. The summed E-state index contributed by atoms with van der Waals surface area (Å²) in [5, 5.41) is 0. The van der Waals surface area contributed by atoms with Gasteiger partial charge in [0, 0.05) is 0 Å². The molecule has 1 heterocycles. The molecule has 2 bridgehead atoms. The zero-order valence-corrected chi connectivity index (χ0v) is 16.5. The van der Waals surface area contributed by atoms with Gasteiger partial charge in [-0.15, -0.1) is 0 Å². The second-order valence-electron chi connectivity index (χ2n) is 8.16. The van der Waals surface area contributed by atoms with Crippen LogP contribution < -0.4 is 0 Å². The SMILES string of the molecule is CC[C@]12C(=O)[C@](CC)(C(c3ccccc3)=C1c1ccccc1)[C@@H]1C(=O)OC(=O)[C@H]12. The molecule has 2 aliphatic carbocycles. The van der Waals surface area contributed by atoms with Crippen LogP contribution in [0.15, 0.2) is 60.7 Å². The van der Waals surface area contributed by atoms with Crippen molar-refractivity contribution < 1.29 is 19.1 Å². The highest BCUT2D eigenvalue weighted by molar-refractivity contribution is 6.28. The van der Waals surface area contributed by atoms with Crippen molar-refractivity contribution in [1.29, 1.82) is 0 Å². The van der Waals surface area contributed by atoms with Crippen molar-refractivity contribution in [2.24, 2.45) is 22.7 Å². The maximum Gasteiger partial charge on any atom is 0.318 e. The summed E-state index contributed by atoms with van der Waals surface area (Å²) in [4.78, 5) is 39.8. The lowest BCUT2D eigenvalue weighted by Gasteiger charge is -2.37. The molecule has 5 rings (SSSR count). The van der Waals surface area contributed by atoms with E-state index in [0.717, 1.165) is 22.3 Å². The number of fused-ring (bicyclic) bond motifs is 5. The number of carbonyl (C=O) groups is 3. The fourth-order valence-electron chi connectivity index (χ4n) is 6.26. The molecule has 0 aromatic heterocycles. The van der Waals surface area contributed by atoms with Gasteiger partial charge in [-0.3, -0.25) is 14.4 Å². The summed E-state index contributed by atoms with van der Waals surface area (Å²) in [5.74, 6) is -2.57. The van der Waals surface area contributed by atoms with Crippen molar-refractivity contribution in [2.75, 3.05) is 0 Å². The van der Waals surface area contributed by atoms with E-state index in [4.69, 9.17) is 4.74 Å².